The maximum absolute atomic E-state index is 6.80. The molecule has 82 heavy (non-hydrogen) atoms. The van der Waals surface area contributed by atoms with Crippen LogP contribution in [0.3, 0.4) is 0 Å². The van der Waals surface area contributed by atoms with Crippen LogP contribution in [0.4, 0.5) is 34.1 Å². The SMILES string of the molecule is CC(C)c1cccc(-n2c3ccccc3c3c(N(c4ccccc4)c4ccc5oc6ccc7c(ccc8oc9ccc(N(c%10ccccc%10)c%10cccc%11c%10c%10ccccc%10n%11-c%10cccc(C(C)C)c%10)cc9c87)c6c5c4)cccc32)c1. The Labute approximate surface area is 474 Å². The van der Waals surface area contributed by atoms with Gasteiger partial charge in [0.15, 0.2) is 0 Å². The van der Waals surface area contributed by atoms with Gasteiger partial charge in [0, 0.05) is 77.2 Å². The van der Waals surface area contributed by atoms with Crippen LogP contribution in [-0.2, 0) is 0 Å². The van der Waals surface area contributed by atoms with Crippen molar-refractivity contribution in [1.82, 2.24) is 9.13 Å². The number of anilines is 6. The molecule has 16 aromatic rings. The lowest BCUT2D eigenvalue weighted by Crippen LogP contribution is -2.10. The van der Waals surface area contributed by atoms with Gasteiger partial charge in [-0.15, -0.1) is 0 Å². The molecular weight excluding hydrogens is 1000 g/mol. The normalized spacial score (nSPS) is 12.1. The largest absolute Gasteiger partial charge is 0.456 e. The Bertz CT molecular complexity index is 4870. The maximum atomic E-state index is 6.80. The summed E-state index contributed by atoms with van der Waals surface area (Å²) in [6.07, 6.45) is 0. The zero-order valence-electron chi connectivity index (χ0n) is 46.0. The summed E-state index contributed by atoms with van der Waals surface area (Å²) in [6.45, 7) is 9.04. The summed E-state index contributed by atoms with van der Waals surface area (Å²) in [4.78, 5) is 4.83. The van der Waals surface area contributed by atoms with Gasteiger partial charge >= 0.3 is 0 Å². The third kappa shape index (κ3) is 7.34. The lowest BCUT2D eigenvalue weighted by molar-refractivity contribution is 0.668. The van der Waals surface area contributed by atoms with Gasteiger partial charge in [0.2, 0.25) is 0 Å². The topological polar surface area (TPSA) is 42.6 Å². The Balaban J connectivity index is 0.883. The highest BCUT2D eigenvalue weighted by Gasteiger charge is 2.26. The first-order valence-corrected chi connectivity index (χ1v) is 28.5. The van der Waals surface area contributed by atoms with Crippen molar-refractivity contribution < 1.29 is 8.83 Å². The van der Waals surface area contributed by atoms with Gasteiger partial charge in [-0.2, -0.15) is 0 Å². The van der Waals surface area contributed by atoms with Gasteiger partial charge in [-0.25, -0.2) is 0 Å². The molecule has 6 heteroatoms. The van der Waals surface area contributed by atoms with E-state index >= 15 is 0 Å². The van der Waals surface area contributed by atoms with Crippen molar-refractivity contribution in [2.75, 3.05) is 9.80 Å². The predicted octanol–water partition coefficient (Wildman–Crippen LogP) is 22.0. The Kier molecular flexibility index (Phi) is 10.8. The fourth-order valence-corrected chi connectivity index (χ4v) is 13.2. The molecule has 4 heterocycles. The number of rotatable bonds is 10. The molecule has 392 valence electrons. The molecule has 0 saturated carbocycles. The number of hydrogen-bond donors (Lipinski definition) is 0. The molecule has 0 fully saturated rings. The molecule has 12 aromatic carbocycles. The highest BCUT2D eigenvalue weighted by molar-refractivity contribution is 6.28. The first-order chi connectivity index (χ1) is 40.3. The van der Waals surface area contributed by atoms with Gasteiger partial charge in [-0.1, -0.05) is 137 Å². The second kappa shape index (κ2) is 18.7. The van der Waals surface area contributed by atoms with Crippen molar-refractivity contribution in [1.29, 1.82) is 0 Å². The lowest BCUT2D eigenvalue weighted by atomic mass is 9.99. The summed E-state index contributed by atoms with van der Waals surface area (Å²) in [6, 6.07) is 92.6. The molecule has 0 unspecified atom stereocenters. The number of aromatic nitrogens is 2. The van der Waals surface area contributed by atoms with E-state index < -0.39 is 0 Å². The number of fused-ring (bicyclic) bond motifs is 15. The van der Waals surface area contributed by atoms with E-state index in [9.17, 15) is 0 Å². The zero-order chi connectivity index (χ0) is 54.7. The van der Waals surface area contributed by atoms with Crippen LogP contribution in [0.2, 0.25) is 0 Å². The summed E-state index contributed by atoms with van der Waals surface area (Å²) in [5.74, 6) is 0.814. The summed E-state index contributed by atoms with van der Waals surface area (Å²) in [5.41, 5.74) is 19.3. The Morgan fingerprint density at radius 2 is 0.671 bits per heavy atom. The Morgan fingerprint density at radius 3 is 1.11 bits per heavy atom. The van der Waals surface area contributed by atoms with Crippen molar-refractivity contribution >= 4 is 132 Å². The summed E-state index contributed by atoms with van der Waals surface area (Å²) in [7, 11) is 0. The van der Waals surface area contributed by atoms with E-state index in [0.717, 1.165) is 111 Å². The quantitative estimate of drug-likeness (QED) is 0.137. The monoisotopic (exact) mass is 1060 g/mol. The summed E-state index contributed by atoms with van der Waals surface area (Å²) < 4.78 is 18.5. The number of nitrogens with zero attached hydrogens (tertiary/aromatic N) is 4. The average molecular weight is 1060 g/mol. The van der Waals surface area contributed by atoms with E-state index in [2.05, 4.69) is 301 Å². The van der Waals surface area contributed by atoms with E-state index in [1.165, 1.54) is 43.7 Å². The molecule has 0 aliphatic rings. The lowest BCUT2D eigenvalue weighted by Gasteiger charge is -2.26. The van der Waals surface area contributed by atoms with Crippen LogP contribution >= 0.6 is 0 Å². The molecule has 0 bridgehead atoms. The van der Waals surface area contributed by atoms with Crippen LogP contribution in [-0.4, -0.2) is 9.13 Å². The van der Waals surface area contributed by atoms with Crippen molar-refractivity contribution in [3.05, 3.63) is 266 Å². The van der Waals surface area contributed by atoms with Crippen molar-refractivity contribution in [3.63, 3.8) is 0 Å². The Hall–Kier alpha value is -10.3. The molecular formula is C76H56N4O2. The van der Waals surface area contributed by atoms with Gasteiger partial charge in [0.05, 0.1) is 33.4 Å². The number of para-hydroxylation sites is 4. The molecule has 0 radical (unpaired) electrons. The van der Waals surface area contributed by atoms with Crippen LogP contribution in [0, 0.1) is 0 Å². The van der Waals surface area contributed by atoms with Gasteiger partial charge in [-0.3, -0.25) is 0 Å². The number of hydrogen-bond acceptors (Lipinski definition) is 4. The van der Waals surface area contributed by atoms with Gasteiger partial charge in [-0.05, 0) is 179 Å². The second-order valence-electron chi connectivity index (χ2n) is 22.4. The fraction of sp³-hybridized carbons (Fsp3) is 0.0789. The molecule has 0 N–H and O–H groups in total. The first kappa shape index (κ1) is 47.7. The highest BCUT2D eigenvalue weighted by Crippen LogP contribution is 2.49. The molecule has 0 saturated heterocycles. The number of benzene rings is 12. The van der Waals surface area contributed by atoms with Crippen LogP contribution < -0.4 is 9.80 Å². The zero-order valence-corrected chi connectivity index (χ0v) is 46.0. The molecule has 0 aliphatic carbocycles. The van der Waals surface area contributed by atoms with Crippen LogP contribution in [0.15, 0.2) is 264 Å². The molecule has 16 rings (SSSR count). The first-order valence-electron chi connectivity index (χ1n) is 28.5. The molecule has 6 nitrogen and oxygen atoms in total. The van der Waals surface area contributed by atoms with Crippen molar-refractivity contribution in [2.45, 2.75) is 39.5 Å². The molecule has 0 aliphatic heterocycles. The second-order valence-corrected chi connectivity index (χ2v) is 22.4. The molecule has 4 aromatic heterocycles. The molecule has 0 spiro atoms. The van der Waals surface area contributed by atoms with Gasteiger partial charge in [0.25, 0.3) is 0 Å². The minimum Gasteiger partial charge on any atom is -0.456 e. The predicted molar refractivity (Wildman–Crippen MR) is 345 cm³/mol. The highest BCUT2D eigenvalue weighted by atomic mass is 16.3. The average Bonchev–Trinajstić information content (AvgIpc) is 4.36. The third-order valence-electron chi connectivity index (χ3n) is 17.0. The number of furan rings is 2. The van der Waals surface area contributed by atoms with Crippen LogP contribution in [0.1, 0.15) is 50.7 Å². The van der Waals surface area contributed by atoms with Gasteiger partial charge < -0.3 is 27.8 Å². The minimum absolute atomic E-state index is 0.407. The van der Waals surface area contributed by atoms with E-state index in [0.29, 0.717) is 11.8 Å². The van der Waals surface area contributed by atoms with E-state index in [-0.39, 0.29) is 0 Å². The molecule has 0 amide bonds. The minimum atomic E-state index is 0.407. The third-order valence-corrected chi connectivity index (χ3v) is 17.0. The summed E-state index contributed by atoms with van der Waals surface area (Å²) in [5, 5.41) is 11.2. The van der Waals surface area contributed by atoms with Crippen LogP contribution in [0.5, 0.6) is 0 Å². The molecule has 0 atom stereocenters. The van der Waals surface area contributed by atoms with Crippen molar-refractivity contribution in [2.24, 2.45) is 0 Å². The maximum Gasteiger partial charge on any atom is 0.136 e. The standard InChI is InChI=1S/C76H56N4O2/c1-47(2)49-19-15-25-53(43-49)79-63-29-13-11-27-59(63)75-65(31-17-33-67(75)79)77(51-21-7-5-8-22-51)55-35-39-69-61(45-55)73-57-37-42-72-74(58(57)38-41-71(73)81-69)62-46-56(36-40-70(62)82-72)78(52-23-9-6-10-24-52)66-32-18-34-68-76(66)60-28-12-14-30-64(60)80(68)54-26-16-20-50(44-54)48(3)4/h5-48H,1-4H3. The smallest absolute Gasteiger partial charge is 0.136 e. The Morgan fingerprint density at radius 1 is 0.280 bits per heavy atom. The van der Waals surface area contributed by atoms with Crippen molar-refractivity contribution in [3.8, 4) is 11.4 Å². The summed E-state index contributed by atoms with van der Waals surface area (Å²) >= 11 is 0. The van der Waals surface area contributed by atoms with E-state index in [1.807, 2.05) is 0 Å². The van der Waals surface area contributed by atoms with Crippen LogP contribution in [0.25, 0.3) is 110 Å². The van der Waals surface area contributed by atoms with E-state index in [1.54, 1.807) is 0 Å². The van der Waals surface area contributed by atoms with E-state index in [4.69, 9.17) is 8.83 Å². The fourth-order valence-electron chi connectivity index (χ4n) is 13.2. The van der Waals surface area contributed by atoms with Gasteiger partial charge in [0.1, 0.15) is 22.3 Å².